The molecular formula is C57H81Br. The summed E-state index contributed by atoms with van der Waals surface area (Å²) in [5.74, 6) is 4.83. The van der Waals surface area contributed by atoms with E-state index in [1.54, 1.807) is 0 Å². The molecule has 0 saturated carbocycles. The lowest BCUT2D eigenvalue weighted by atomic mass is 9.96. The number of aryl methyl sites for hydroxylation is 3. The lowest BCUT2D eigenvalue weighted by Crippen LogP contribution is -1.97. The molecule has 6 aromatic carbocycles. The van der Waals surface area contributed by atoms with E-state index in [0.29, 0.717) is 0 Å². The predicted molar refractivity (Wildman–Crippen MR) is 269 cm³/mol. The van der Waals surface area contributed by atoms with Crippen molar-refractivity contribution >= 4 is 26.7 Å². The maximum Gasteiger partial charge on any atom is -0.00848 e. The molecule has 0 radical (unpaired) electrons. The fourth-order valence-corrected chi connectivity index (χ4v) is 6.49. The summed E-state index contributed by atoms with van der Waals surface area (Å²) in [4.78, 5) is 0. The fourth-order valence-electron chi connectivity index (χ4n) is 6.49. The second-order valence-corrected chi connectivity index (χ2v) is 16.5. The molecule has 0 aliphatic heterocycles. The molecule has 0 heterocycles. The van der Waals surface area contributed by atoms with Crippen LogP contribution >= 0.6 is 15.9 Å². The summed E-state index contributed by atoms with van der Waals surface area (Å²) in [7, 11) is 0. The number of fused-ring (bicyclic) bond motifs is 1. The zero-order chi connectivity index (χ0) is 42.4. The molecule has 0 amide bonds. The van der Waals surface area contributed by atoms with Crippen molar-refractivity contribution in [3.63, 3.8) is 0 Å². The van der Waals surface area contributed by atoms with Gasteiger partial charge in [-0.15, -0.1) is 0 Å². The summed E-state index contributed by atoms with van der Waals surface area (Å²) in [6.07, 6.45) is 7.09. The average Bonchev–Trinajstić information content (AvgIpc) is 3.20. The summed E-state index contributed by atoms with van der Waals surface area (Å²) in [6, 6.07) is 53.7. The highest BCUT2D eigenvalue weighted by Gasteiger charge is 2.03. The number of halogens is 1. The Hall–Kier alpha value is -3.94. The van der Waals surface area contributed by atoms with Gasteiger partial charge in [-0.05, 0) is 119 Å². The molecule has 0 unspecified atom stereocenters. The number of hydrogen-bond acceptors (Lipinski definition) is 0. The molecule has 0 nitrogen and oxygen atoms in total. The first-order valence-corrected chi connectivity index (χ1v) is 23.0. The van der Waals surface area contributed by atoms with Gasteiger partial charge < -0.3 is 0 Å². The first-order valence-electron chi connectivity index (χ1n) is 21.5. The van der Waals surface area contributed by atoms with E-state index in [-0.39, 0.29) is 7.43 Å². The Labute approximate surface area is 367 Å². The van der Waals surface area contributed by atoms with E-state index in [0.717, 1.165) is 36.5 Å². The summed E-state index contributed by atoms with van der Waals surface area (Å²) in [5.41, 5.74) is 10.2. The molecule has 0 aliphatic rings. The smallest absolute Gasteiger partial charge is 0.00848 e. The molecule has 0 N–H and O–H groups in total. The lowest BCUT2D eigenvalue weighted by Gasteiger charge is -2.10. The Kier molecular flexibility index (Phi) is 30.7. The van der Waals surface area contributed by atoms with Crippen LogP contribution in [0.2, 0.25) is 0 Å². The van der Waals surface area contributed by atoms with Crippen molar-refractivity contribution in [3.05, 3.63) is 191 Å². The third-order valence-electron chi connectivity index (χ3n) is 9.05. The zero-order valence-corrected chi connectivity index (χ0v) is 39.4. The predicted octanol–water partition coefficient (Wildman–Crippen LogP) is 17.5. The third-order valence-corrected chi connectivity index (χ3v) is 9.05. The number of hydrogen-bond donors (Lipinski definition) is 0. The van der Waals surface area contributed by atoms with E-state index in [9.17, 15) is 0 Å². The molecule has 0 saturated heterocycles. The van der Waals surface area contributed by atoms with E-state index in [2.05, 4.69) is 226 Å². The van der Waals surface area contributed by atoms with Gasteiger partial charge in [0, 0.05) is 0 Å². The van der Waals surface area contributed by atoms with Crippen LogP contribution in [0.25, 0.3) is 10.8 Å². The van der Waals surface area contributed by atoms with E-state index < -0.39 is 0 Å². The quantitative estimate of drug-likeness (QED) is 0.121. The van der Waals surface area contributed by atoms with Gasteiger partial charge in [-0.25, -0.2) is 0 Å². The molecule has 316 valence electrons. The van der Waals surface area contributed by atoms with Gasteiger partial charge in [0.25, 0.3) is 0 Å². The van der Waals surface area contributed by atoms with Gasteiger partial charge in [-0.1, -0.05) is 250 Å². The molecule has 1 heteroatoms. The van der Waals surface area contributed by atoms with Crippen molar-refractivity contribution in [3.8, 4) is 0 Å². The van der Waals surface area contributed by atoms with Gasteiger partial charge in [-0.2, -0.15) is 0 Å². The molecule has 6 aromatic rings. The number of rotatable bonds is 10. The van der Waals surface area contributed by atoms with Crippen LogP contribution in [-0.4, -0.2) is 5.83 Å². The van der Waals surface area contributed by atoms with Crippen LogP contribution in [0.5, 0.6) is 0 Å². The van der Waals surface area contributed by atoms with Gasteiger partial charge >= 0.3 is 0 Å². The molecule has 0 aliphatic carbocycles. The van der Waals surface area contributed by atoms with Crippen molar-refractivity contribution in [1.82, 2.24) is 0 Å². The van der Waals surface area contributed by atoms with Crippen LogP contribution in [0.4, 0.5) is 0 Å². The maximum atomic E-state index is 2.94. The molecule has 0 fully saturated rings. The first-order chi connectivity index (χ1) is 27.4. The average molecular weight is 846 g/mol. The highest BCUT2D eigenvalue weighted by molar-refractivity contribution is 9.08. The summed E-state index contributed by atoms with van der Waals surface area (Å²) in [5, 5.41) is 2.69. The second kappa shape index (κ2) is 33.0. The topological polar surface area (TPSA) is 0 Å². The van der Waals surface area contributed by atoms with Crippen LogP contribution in [0.3, 0.4) is 0 Å². The van der Waals surface area contributed by atoms with Crippen LogP contribution in [0, 0.1) is 30.6 Å². The molecular weight excluding hydrogens is 765 g/mol. The Balaban J connectivity index is 0.000000702. The van der Waals surface area contributed by atoms with Crippen molar-refractivity contribution in [2.75, 3.05) is 5.83 Å². The van der Waals surface area contributed by atoms with E-state index in [1.165, 1.54) is 75.4 Å². The Bertz CT molecular complexity index is 1770. The highest BCUT2D eigenvalue weighted by atomic mass is 79.9. The van der Waals surface area contributed by atoms with E-state index >= 15 is 0 Å². The maximum absolute atomic E-state index is 2.94. The SMILES string of the molecule is C.CBr.CC(C)Cc1ccc2ccccc2c1.CC(C)Cc1ccccc1.CC(C)Cc1ccccc1.CCc1ccc(CC(C)C)cc1CC.Cc1ccccc1. The second-order valence-electron chi connectivity index (χ2n) is 16.5. The Morgan fingerprint density at radius 3 is 1.09 bits per heavy atom. The molecule has 0 spiro atoms. The number of benzene rings is 6. The summed E-state index contributed by atoms with van der Waals surface area (Å²) in [6.45, 7) is 24.6. The largest absolute Gasteiger partial charge is 0.0966 e. The standard InChI is InChI=1S/C14H16.C14H22.2C10H14.C7H8.CH3Br.CH4/c1-11(2)9-12-7-8-13-5-3-4-6-14(13)10-12;1-5-13-8-7-12(9-11(3)4)10-14(13)6-2;2*1-9(2)8-10-6-4-3-5-7-10;1-7-5-3-2-4-6-7;1-2;/h3-8,10-11H,9H2,1-2H3;7-8,10-11H,5-6,9H2,1-4H3;2*3-7,9H,8H2,1-2H3;2-6H,1H3;1H3;1H4. The Morgan fingerprint density at radius 2 is 0.707 bits per heavy atom. The molecule has 6 rings (SSSR count). The minimum Gasteiger partial charge on any atom is -0.0966 e. The minimum atomic E-state index is 0. The van der Waals surface area contributed by atoms with E-state index in [4.69, 9.17) is 0 Å². The Morgan fingerprint density at radius 1 is 0.362 bits per heavy atom. The third kappa shape index (κ3) is 25.4. The molecule has 58 heavy (non-hydrogen) atoms. The first kappa shape index (κ1) is 54.1. The van der Waals surface area contributed by atoms with Gasteiger partial charge in [0.1, 0.15) is 0 Å². The van der Waals surface area contributed by atoms with Crippen molar-refractivity contribution < 1.29 is 0 Å². The molecule has 0 atom stereocenters. The van der Waals surface area contributed by atoms with Crippen LogP contribution in [0.15, 0.2) is 152 Å². The molecule has 0 bridgehead atoms. The van der Waals surface area contributed by atoms with Crippen molar-refractivity contribution in [2.24, 2.45) is 23.7 Å². The minimum absolute atomic E-state index is 0. The summed E-state index contributed by atoms with van der Waals surface area (Å²) < 4.78 is 0. The van der Waals surface area contributed by atoms with Crippen LogP contribution in [-0.2, 0) is 38.5 Å². The van der Waals surface area contributed by atoms with Gasteiger partial charge in [-0.3, -0.25) is 0 Å². The molecule has 0 aromatic heterocycles. The van der Waals surface area contributed by atoms with Gasteiger partial charge in [0.05, 0.1) is 0 Å². The highest BCUT2D eigenvalue weighted by Crippen LogP contribution is 2.18. The van der Waals surface area contributed by atoms with Crippen LogP contribution < -0.4 is 0 Å². The van der Waals surface area contributed by atoms with E-state index in [1.807, 2.05) is 24.0 Å². The van der Waals surface area contributed by atoms with Gasteiger partial charge in [0.15, 0.2) is 0 Å². The fraction of sp³-hybridized carbons (Fsp3) is 0.404. The normalized spacial score (nSPS) is 10.0. The number of alkyl halides is 1. The van der Waals surface area contributed by atoms with Crippen molar-refractivity contribution in [1.29, 1.82) is 0 Å². The summed E-state index contributed by atoms with van der Waals surface area (Å²) >= 11 is 2.94. The zero-order valence-electron chi connectivity index (χ0n) is 37.9. The lowest BCUT2D eigenvalue weighted by molar-refractivity contribution is 0.646. The van der Waals surface area contributed by atoms with Crippen molar-refractivity contribution in [2.45, 2.75) is 122 Å². The van der Waals surface area contributed by atoms with Gasteiger partial charge in [0.2, 0.25) is 0 Å². The van der Waals surface area contributed by atoms with Crippen LogP contribution in [0.1, 0.15) is 116 Å². The monoisotopic (exact) mass is 845 g/mol.